The number of aromatic nitrogens is 2. The zero-order valence-corrected chi connectivity index (χ0v) is 11.3. The molecule has 0 atom stereocenters. The molecular formula is C15H17N5. The van der Waals surface area contributed by atoms with Gasteiger partial charge in [0.1, 0.15) is 6.07 Å². The van der Waals surface area contributed by atoms with E-state index in [-0.39, 0.29) is 0 Å². The third-order valence-electron chi connectivity index (χ3n) is 3.80. The van der Waals surface area contributed by atoms with Gasteiger partial charge < -0.3 is 10.6 Å². The number of piperidine rings is 1. The van der Waals surface area contributed by atoms with Gasteiger partial charge in [0.15, 0.2) is 5.69 Å². The van der Waals surface area contributed by atoms with Crippen LogP contribution in [0, 0.1) is 17.2 Å². The van der Waals surface area contributed by atoms with Gasteiger partial charge in [-0.25, -0.2) is 0 Å². The van der Waals surface area contributed by atoms with Gasteiger partial charge in [0.25, 0.3) is 0 Å². The van der Waals surface area contributed by atoms with Gasteiger partial charge in [0.05, 0.1) is 11.2 Å². The predicted octanol–water partition coefficient (Wildman–Crippen LogP) is 1.91. The van der Waals surface area contributed by atoms with Crippen LogP contribution in [0.1, 0.15) is 18.5 Å². The molecule has 1 fully saturated rings. The SMILES string of the molecule is N#Cc1nnc2ccccc2c1NCC1CCNCC1. The Morgan fingerprint density at radius 3 is 2.85 bits per heavy atom. The smallest absolute Gasteiger partial charge is 0.186 e. The fourth-order valence-electron chi connectivity index (χ4n) is 2.64. The first-order valence-electron chi connectivity index (χ1n) is 6.98. The summed E-state index contributed by atoms with van der Waals surface area (Å²) in [7, 11) is 0. The normalized spacial score (nSPS) is 15.9. The van der Waals surface area contributed by atoms with Gasteiger partial charge in [0.2, 0.25) is 0 Å². The molecule has 0 unspecified atom stereocenters. The number of fused-ring (bicyclic) bond motifs is 1. The highest BCUT2D eigenvalue weighted by molar-refractivity contribution is 5.92. The molecule has 1 aliphatic heterocycles. The maximum Gasteiger partial charge on any atom is 0.186 e. The summed E-state index contributed by atoms with van der Waals surface area (Å²) in [6.07, 6.45) is 2.34. The van der Waals surface area contributed by atoms with E-state index in [1.54, 1.807) is 0 Å². The van der Waals surface area contributed by atoms with E-state index in [1.165, 1.54) is 12.8 Å². The molecule has 1 saturated heterocycles. The third-order valence-corrected chi connectivity index (χ3v) is 3.80. The molecule has 20 heavy (non-hydrogen) atoms. The molecule has 3 rings (SSSR count). The molecule has 0 spiro atoms. The molecule has 1 aliphatic rings. The standard InChI is InChI=1S/C15H17N5/c16-9-14-15(18-10-11-5-7-17-8-6-11)12-3-1-2-4-13(12)19-20-14/h1-4,11,17H,5-8,10H2,(H,18,19). The van der Waals surface area contributed by atoms with E-state index in [0.717, 1.165) is 36.2 Å². The van der Waals surface area contributed by atoms with Crippen molar-refractivity contribution in [3.05, 3.63) is 30.0 Å². The lowest BCUT2D eigenvalue weighted by Crippen LogP contribution is -2.31. The van der Waals surface area contributed by atoms with Crippen molar-refractivity contribution in [1.29, 1.82) is 5.26 Å². The molecule has 2 heterocycles. The van der Waals surface area contributed by atoms with Crippen LogP contribution in [0.2, 0.25) is 0 Å². The Balaban J connectivity index is 1.87. The molecule has 5 nitrogen and oxygen atoms in total. The topological polar surface area (TPSA) is 73.6 Å². The Labute approximate surface area is 118 Å². The van der Waals surface area contributed by atoms with Crippen LogP contribution >= 0.6 is 0 Å². The molecule has 102 valence electrons. The van der Waals surface area contributed by atoms with Crippen molar-refractivity contribution < 1.29 is 0 Å². The van der Waals surface area contributed by atoms with Gasteiger partial charge in [0, 0.05) is 11.9 Å². The van der Waals surface area contributed by atoms with Crippen LogP contribution in [0.25, 0.3) is 10.9 Å². The number of benzene rings is 1. The average Bonchev–Trinajstić information content (AvgIpc) is 2.53. The third kappa shape index (κ3) is 2.56. The summed E-state index contributed by atoms with van der Waals surface area (Å²) in [4.78, 5) is 0. The summed E-state index contributed by atoms with van der Waals surface area (Å²) in [5, 5.41) is 25.1. The zero-order chi connectivity index (χ0) is 13.8. The second-order valence-corrected chi connectivity index (χ2v) is 5.13. The number of hydrogen-bond acceptors (Lipinski definition) is 5. The van der Waals surface area contributed by atoms with Crippen LogP contribution in [0.3, 0.4) is 0 Å². The molecule has 1 aromatic carbocycles. The van der Waals surface area contributed by atoms with E-state index >= 15 is 0 Å². The minimum Gasteiger partial charge on any atom is -0.382 e. The number of anilines is 1. The summed E-state index contributed by atoms with van der Waals surface area (Å²) >= 11 is 0. The van der Waals surface area contributed by atoms with Crippen molar-refractivity contribution in [3.63, 3.8) is 0 Å². The molecule has 0 saturated carbocycles. The summed E-state index contributed by atoms with van der Waals surface area (Å²) in [6, 6.07) is 9.91. The van der Waals surface area contributed by atoms with Crippen LogP contribution < -0.4 is 10.6 Å². The summed E-state index contributed by atoms with van der Waals surface area (Å²) in [6.45, 7) is 3.03. The maximum atomic E-state index is 9.21. The molecular weight excluding hydrogens is 250 g/mol. The Hall–Kier alpha value is -2.19. The first-order chi connectivity index (χ1) is 9.88. The second-order valence-electron chi connectivity index (χ2n) is 5.13. The Kier molecular flexibility index (Phi) is 3.75. The van der Waals surface area contributed by atoms with E-state index in [9.17, 15) is 5.26 Å². The van der Waals surface area contributed by atoms with Gasteiger partial charge in [-0.05, 0) is 37.9 Å². The largest absolute Gasteiger partial charge is 0.382 e. The average molecular weight is 267 g/mol. The van der Waals surface area contributed by atoms with Crippen LogP contribution in [-0.2, 0) is 0 Å². The second kappa shape index (κ2) is 5.85. The summed E-state index contributed by atoms with van der Waals surface area (Å²) in [5.74, 6) is 0.648. The van der Waals surface area contributed by atoms with Gasteiger partial charge >= 0.3 is 0 Å². The number of nitrogens with one attached hydrogen (secondary N) is 2. The number of rotatable bonds is 3. The highest BCUT2D eigenvalue weighted by atomic mass is 15.1. The highest BCUT2D eigenvalue weighted by Gasteiger charge is 2.15. The summed E-state index contributed by atoms with van der Waals surface area (Å²) < 4.78 is 0. The van der Waals surface area contributed by atoms with Gasteiger partial charge in [-0.15, -0.1) is 10.2 Å². The van der Waals surface area contributed by atoms with E-state index in [0.29, 0.717) is 11.6 Å². The Morgan fingerprint density at radius 2 is 2.05 bits per heavy atom. The summed E-state index contributed by atoms with van der Waals surface area (Å²) in [5.41, 5.74) is 2.01. The zero-order valence-electron chi connectivity index (χ0n) is 11.3. The fourth-order valence-corrected chi connectivity index (χ4v) is 2.64. The van der Waals surface area contributed by atoms with E-state index in [1.807, 2.05) is 24.3 Å². The molecule has 2 aromatic rings. The van der Waals surface area contributed by atoms with Crippen LogP contribution in [0.15, 0.2) is 24.3 Å². The van der Waals surface area contributed by atoms with Crippen molar-refractivity contribution in [2.75, 3.05) is 25.0 Å². The minimum atomic E-state index is 0.373. The van der Waals surface area contributed by atoms with Crippen molar-refractivity contribution >= 4 is 16.6 Å². The first-order valence-corrected chi connectivity index (χ1v) is 6.98. The van der Waals surface area contributed by atoms with Gasteiger partial charge in [-0.3, -0.25) is 0 Å². The Bertz CT molecular complexity index is 640. The van der Waals surface area contributed by atoms with Crippen LogP contribution in [-0.4, -0.2) is 29.8 Å². The van der Waals surface area contributed by atoms with E-state index in [2.05, 4.69) is 26.9 Å². The Morgan fingerprint density at radius 1 is 1.25 bits per heavy atom. The van der Waals surface area contributed by atoms with E-state index in [4.69, 9.17) is 0 Å². The van der Waals surface area contributed by atoms with Crippen molar-refractivity contribution in [3.8, 4) is 6.07 Å². The molecule has 1 aromatic heterocycles. The van der Waals surface area contributed by atoms with E-state index < -0.39 is 0 Å². The number of hydrogen-bond donors (Lipinski definition) is 2. The lowest BCUT2D eigenvalue weighted by Gasteiger charge is -2.23. The highest BCUT2D eigenvalue weighted by Crippen LogP contribution is 2.24. The first kappa shape index (κ1) is 12.8. The lowest BCUT2D eigenvalue weighted by molar-refractivity contribution is 0.390. The minimum absolute atomic E-state index is 0.373. The van der Waals surface area contributed by atoms with Gasteiger partial charge in [-0.1, -0.05) is 18.2 Å². The molecule has 0 bridgehead atoms. The van der Waals surface area contributed by atoms with Crippen LogP contribution in [0.5, 0.6) is 0 Å². The quantitative estimate of drug-likeness (QED) is 0.888. The number of nitriles is 1. The molecule has 0 aliphatic carbocycles. The number of nitrogens with zero attached hydrogens (tertiary/aromatic N) is 3. The van der Waals surface area contributed by atoms with Crippen molar-refractivity contribution in [2.45, 2.75) is 12.8 Å². The fraction of sp³-hybridized carbons (Fsp3) is 0.400. The van der Waals surface area contributed by atoms with Crippen LogP contribution in [0.4, 0.5) is 5.69 Å². The predicted molar refractivity (Wildman–Crippen MR) is 78.3 cm³/mol. The maximum absolute atomic E-state index is 9.21. The molecule has 2 N–H and O–H groups in total. The monoisotopic (exact) mass is 267 g/mol. The lowest BCUT2D eigenvalue weighted by atomic mass is 9.98. The molecule has 5 heteroatoms. The van der Waals surface area contributed by atoms with Crippen molar-refractivity contribution in [1.82, 2.24) is 15.5 Å². The van der Waals surface area contributed by atoms with Crippen molar-refractivity contribution in [2.24, 2.45) is 5.92 Å². The molecule has 0 amide bonds. The molecule has 0 radical (unpaired) electrons. The van der Waals surface area contributed by atoms with Gasteiger partial charge in [-0.2, -0.15) is 5.26 Å².